The normalized spacial score (nSPS) is 18.1. The highest BCUT2D eigenvalue weighted by Crippen LogP contribution is 2.45. The third kappa shape index (κ3) is 1.52. The number of hydrogen-bond acceptors (Lipinski definition) is 4. The van der Waals surface area contributed by atoms with E-state index in [0.717, 1.165) is 0 Å². The molecule has 4 heteroatoms. The molecule has 15 heavy (non-hydrogen) atoms. The molecule has 1 aromatic rings. The molecular formula is C11H12O4. The van der Waals surface area contributed by atoms with Crippen molar-refractivity contribution in [2.45, 2.75) is 25.7 Å². The van der Waals surface area contributed by atoms with Crippen LogP contribution in [0.2, 0.25) is 0 Å². The molecule has 0 atom stereocenters. The summed E-state index contributed by atoms with van der Waals surface area (Å²) in [6.07, 6.45) is 0.221. The Labute approximate surface area is 87.1 Å². The van der Waals surface area contributed by atoms with E-state index in [1.54, 1.807) is 0 Å². The molecule has 0 amide bonds. The highest BCUT2D eigenvalue weighted by molar-refractivity contribution is 5.78. The second kappa shape index (κ2) is 2.89. The third-order valence-corrected chi connectivity index (χ3v) is 2.55. The Morgan fingerprint density at radius 3 is 2.67 bits per heavy atom. The molecule has 0 spiro atoms. The van der Waals surface area contributed by atoms with Crippen molar-refractivity contribution in [3.63, 3.8) is 0 Å². The lowest BCUT2D eigenvalue weighted by Crippen LogP contribution is -2.30. The maximum atomic E-state index is 11.3. The van der Waals surface area contributed by atoms with Gasteiger partial charge in [-0.15, -0.1) is 0 Å². The summed E-state index contributed by atoms with van der Waals surface area (Å²) in [4.78, 5) is 11.3. The summed E-state index contributed by atoms with van der Waals surface area (Å²) < 4.78 is 4.97. The van der Waals surface area contributed by atoms with E-state index < -0.39 is 5.41 Å². The van der Waals surface area contributed by atoms with Gasteiger partial charge in [0.15, 0.2) is 0 Å². The summed E-state index contributed by atoms with van der Waals surface area (Å²) in [5.41, 5.74) is 0.0996. The molecule has 1 aliphatic heterocycles. The number of carbonyl (C=O) groups is 1. The molecule has 0 fully saturated rings. The Balaban J connectivity index is 2.67. The van der Waals surface area contributed by atoms with Gasteiger partial charge in [0.25, 0.3) is 0 Å². The molecule has 0 bridgehead atoms. The molecule has 80 valence electrons. The second-order valence-electron chi connectivity index (χ2n) is 4.37. The topological polar surface area (TPSA) is 66.8 Å². The zero-order chi connectivity index (χ0) is 11.2. The highest BCUT2D eigenvalue weighted by Gasteiger charge is 2.36. The summed E-state index contributed by atoms with van der Waals surface area (Å²) in [5, 5.41) is 19.0. The van der Waals surface area contributed by atoms with E-state index in [1.807, 2.05) is 13.8 Å². The van der Waals surface area contributed by atoms with Gasteiger partial charge in [0.05, 0.1) is 6.42 Å². The van der Waals surface area contributed by atoms with Crippen LogP contribution in [-0.2, 0) is 10.2 Å². The Hall–Kier alpha value is -1.71. The number of phenolic OH excluding ortho intramolecular Hbond substituents is 2. The summed E-state index contributed by atoms with van der Waals surface area (Å²) in [6.45, 7) is 3.70. The lowest BCUT2D eigenvalue weighted by Gasteiger charge is -2.31. The van der Waals surface area contributed by atoms with E-state index in [-0.39, 0.29) is 29.6 Å². The van der Waals surface area contributed by atoms with Crippen LogP contribution < -0.4 is 4.74 Å². The number of phenols is 2. The first-order valence-corrected chi connectivity index (χ1v) is 4.67. The van der Waals surface area contributed by atoms with Gasteiger partial charge in [-0.05, 0) is 0 Å². The van der Waals surface area contributed by atoms with Gasteiger partial charge in [0, 0.05) is 23.1 Å². The van der Waals surface area contributed by atoms with Gasteiger partial charge in [-0.2, -0.15) is 0 Å². The Kier molecular flexibility index (Phi) is 1.89. The van der Waals surface area contributed by atoms with Crippen molar-refractivity contribution >= 4 is 5.97 Å². The minimum Gasteiger partial charge on any atom is -0.508 e. The van der Waals surface area contributed by atoms with Gasteiger partial charge < -0.3 is 14.9 Å². The number of hydrogen-bond donors (Lipinski definition) is 2. The number of rotatable bonds is 0. The van der Waals surface area contributed by atoms with Crippen LogP contribution in [0.15, 0.2) is 12.1 Å². The molecule has 0 saturated heterocycles. The van der Waals surface area contributed by atoms with Crippen molar-refractivity contribution in [3.8, 4) is 17.2 Å². The largest absolute Gasteiger partial charge is 0.508 e. The standard InChI is InChI=1S/C11H12O4/c1-11(2)5-9(14)15-8-4-6(12)3-7(13)10(8)11/h3-4,12-13H,5H2,1-2H3. The predicted octanol–water partition coefficient (Wildman–Crippen LogP) is 1.68. The Bertz CT molecular complexity index is 434. The lowest BCUT2D eigenvalue weighted by atomic mass is 9.79. The van der Waals surface area contributed by atoms with Crippen LogP contribution in [0.25, 0.3) is 0 Å². The third-order valence-electron chi connectivity index (χ3n) is 2.55. The molecule has 1 aliphatic rings. The maximum absolute atomic E-state index is 11.3. The summed E-state index contributed by atoms with van der Waals surface area (Å²) in [7, 11) is 0. The van der Waals surface area contributed by atoms with Crippen molar-refractivity contribution in [2.24, 2.45) is 0 Å². The molecule has 0 unspecified atom stereocenters. The number of carbonyl (C=O) groups excluding carboxylic acids is 1. The van der Waals surface area contributed by atoms with E-state index in [0.29, 0.717) is 5.56 Å². The van der Waals surface area contributed by atoms with Gasteiger partial charge in [-0.3, -0.25) is 4.79 Å². The van der Waals surface area contributed by atoms with Gasteiger partial charge in [0.1, 0.15) is 17.2 Å². The van der Waals surface area contributed by atoms with Crippen LogP contribution in [0.3, 0.4) is 0 Å². The van der Waals surface area contributed by atoms with E-state index in [1.165, 1.54) is 12.1 Å². The minimum atomic E-state index is -0.470. The molecule has 2 N–H and O–H groups in total. The quantitative estimate of drug-likeness (QED) is 0.503. The predicted molar refractivity (Wildman–Crippen MR) is 53.0 cm³/mol. The average Bonchev–Trinajstić information content (AvgIpc) is 1.97. The second-order valence-corrected chi connectivity index (χ2v) is 4.37. The minimum absolute atomic E-state index is 0.0394. The SMILES string of the molecule is CC1(C)CC(=O)Oc2cc(O)cc(O)c21. The van der Waals surface area contributed by atoms with Crippen LogP contribution in [0.5, 0.6) is 17.2 Å². The first kappa shape index (κ1) is 9.83. The van der Waals surface area contributed by atoms with Crippen molar-refractivity contribution in [1.82, 2.24) is 0 Å². The maximum Gasteiger partial charge on any atom is 0.312 e. The van der Waals surface area contributed by atoms with Gasteiger partial charge in [-0.1, -0.05) is 13.8 Å². The highest BCUT2D eigenvalue weighted by atomic mass is 16.5. The van der Waals surface area contributed by atoms with Crippen LogP contribution >= 0.6 is 0 Å². The first-order valence-electron chi connectivity index (χ1n) is 4.67. The summed E-state index contributed by atoms with van der Waals surface area (Å²) in [5.74, 6) is -0.259. The number of aromatic hydroxyl groups is 2. The number of benzene rings is 1. The average molecular weight is 208 g/mol. The molecule has 1 aromatic carbocycles. The number of fused-ring (bicyclic) bond motifs is 1. The number of ether oxygens (including phenoxy) is 1. The molecule has 2 rings (SSSR count). The van der Waals surface area contributed by atoms with Crippen molar-refractivity contribution < 1.29 is 19.7 Å². The monoisotopic (exact) mass is 208 g/mol. The molecule has 0 aliphatic carbocycles. The molecule has 1 heterocycles. The zero-order valence-electron chi connectivity index (χ0n) is 8.57. The van der Waals surface area contributed by atoms with Crippen molar-refractivity contribution in [1.29, 1.82) is 0 Å². The van der Waals surface area contributed by atoms with E-state index in [2.05, 4.69) is 0 Å². The molecule has 0 saturated carbocycles. The van der Waals surface area contributed by atoms with Crippen LogP contribution in [0, 0.1) is 0 Å². The molecule has 4 nitrogen and oxygen atoms in total. The van der Waals surface area contributed by atoms with E-state index in [4.69, 9.17) is 4.74 Å². The molecule has 0 aromatic heterocycles. The summed E-state index contributed by atoms with van der Waals surface area (Å²) in [6, 6.07) is 2.59. The van der Waals surface area contributed by atoms with Crippen molar-refractivity contribution in [2.75, 3.05) is 0 Å². The van der Waals surface area contributed by atoms with Crippen molar-refractivity contribution in [3.05, 3.63) is 17.7 Å². The Morgan fingerprint density at radius 1 is 1.33 bits per heavy atom. The van der Waals surface area contributed by atoms with E-state index >= 15 is 0 Å². The van der Waals surface area contributed by atoms with E-state index in [9.17, 15) is 15.0 Å². The summed E-state index contributed by atoms with van der Waals surface area (Å²) >= 11 is 0. The smallest absolute Gasteiger partial charge is 0.312 e. The first-order chi connectivity index (χ1) is 6.90. The van der Waals surface area contributed by atoms with Gasteiger partial charge in [-0.25, -0.2) is 0 Å². The Morgan fingerprint density at radius 2 is 2.00 bits per heavy atom. The number of esters is 1. The fraction of sp³-hybridized carbons (Fsp3) is 0.364. The zero-order valence-corrected chi connectivity index (χ0v) is 8.57. The van der Waals surface area contributed by atoms with Gasteiger partial charge in [0.2, 0.25) is 0 Å². The molecular weight excluding hydrogens is 196 g/mol. The van der Waals surface area contributed by atoms with Crippen LogP contribution in [0.4, 0.5) is 0 Å². The van der Waals surface area contributed by atoms with Crippen LogP contribution in [-0.4, -0.2) is 16.2 Å². The molecule has 0 radical (unpaired) electrons. The fourth-order valence-electron chi connectivity index (χ4n) is 1.96. The van der Waals surface area contributed by atoms with Gasteiger partial charge >= 0.3 is 5.97 Å². The fourth-order valence-corrected chi connectivity index (χ4v) is 1.96. The van der Waals surface area contributed by atoms with Crippen LogP contribution in [0.1, 0.15) is 25.8 Å². The lowest BCUT2D eigenvalue weighted by molar-refractivity contribution is -0.136.